The molecule has 1 aromatic heterocycles. The normalized spacial score (nSPS) is 22.1. The number of H-pyrrole nitrogens is 1. The number of carbonyl (C=O) groups excluding carboxylic acids is 2. The SMILES string of the molecule is Cc1[nH]c2ccccc2c1CCNC(=O)NC1CCC(C(=O)N2CCSCC2)CC1. The minimum Gasteiger partial charge on any atom is -0.358 e. The second-order valence-electron chi connectivity index (χ2n) is 8.41. The lowest BCUT2D eigenvalue weighted by Gasteiger charge is -2.34. The predicted octanol–water partition coefficient (Wildman–Crippen LogP) is 3.45. The van der Waals surface area contributed by atoms with Gasteiger partial charge in [0.05, 0.1) is 0 Å². The van der Waals surface area contributed by atoms with Gasteiger partial charge in [-0.2, -0.15) is 11.8 Å². The number of hydrogen-bond acceptors (Lipinski definition) is 3. The fourth-order valence-electron chi connectivity index (χ4n) is 4.72. The molecule has 1 aliphatic heterocycles. The average Bonchev–Trinajstić information content (AvgIpc) is 3.09. The van der Waals surface area contributed by atoms with Gasteiger partial charge in [-0.15, -0.1) is 0 Å². The Labute approximate surface area is 182 Å². The maximum Gasteiger partial charge on any atom is 0.315 e. The quantitative estimate of drug-likeness (QED) is 0.683. The Morgan fingerprint density at radius 2 is 1.87 bits per heavy atom. The van der Waals surface area contributed by atoms with E-state index in [2.05, 4.69) is 34.7 Å². The molecule has 6 nitrogen and oxygen atoms in total. The number of nitrogens with one attached hydrogen (secondary N) is 3. The summed E-state index contributed by atoms with van der Waals surface area (Å²) in [5, 5.41) is 7.34. The first-order valence-electron chi connectivity index (χ1n) is 11.1. The fourth-order valence-corrected chi connectivity index (χ4v) is 5.62. The zero-order valence-corrected chi connectivity index (χ0v) is 18.5. The van der Waals surface area contributed by atoms with Crippen molar-refractivity contribution in [2.45, 2.75) is 45.1 Å². The number of urea groups is 1. The van der Waals surface area contributed by atoms with Crippen LogP contribution in [-0.4, -0.2) is 59.0 Å². The zero-order chi connectivity index (χ0) is 20.9. The van der Waals surface area contributed by atoms with E-state index in [1.54, 1.807) is 0 Å². The van der Waals surface area contributed by atoms with Crippen molar-refractivity contribution in [2.24, 2.45) is 5.92 Å². The van der Waals surface area contributed by atoms with Crippen molar-refractivity contribution in [3.8, 4) is 0 Å². The molecule has 3 N–H and O–H groups in total. The highest BCUT2D eigenvalue weighted by atomic mass is 32.2. The molecule has 2 aliphatic rings. The van der Waals surface area contributed by atoms with E-state index >= 15 is 0 Å². The van der Waals surface area contributed by atoms with Crippen LogP contribution in [0.5, 0.6) is 0 Å². The van der Waals surface area contributed by atoms with E-state index in [9.17, 15) is 9.59 Å². The second-order valence-corrected chi connectivity index (χ2v) is 9.64. The van der Waals surface area contributed by atoms with Crippen LogP contribution in [0.1, 0.15) is 36.9 Å². The van der Waals surface area contributed by atoms with Crippen molar-refractivity contribution in [2.75, 3.05) is 31.1 Å². The molecule has 1 aromatic carbocycles. The molecule has 4 rings (SSSR count). The Morgan fingerprint density at radius 1 is 1.13 bits per heavy atom. The largest absolute Gasteiger partial charge is 0.358 e. The maximum atomic E-state index is 12.7. The Hall–Kier alpha value is -2.15. The van der Waals surface area contributed by atoms with Crippen LogP contribution in [0.4, 0.5) is 4.79 Å². The summed E-state index contributed by atoms with van der Waals surface area (Å²) in [4.78, 5) is 30.5. The fraction of sp³-hybridized carbons (Fsp3) is 0.565. The van der Waals surface area contributed by atoms with Crippen molar-refractivity contribution >= 4 is 34.6 Å². The number of para-hydroxylation sites is 1. The van der Waals surface area contributed by atoms with Gasteiger partial charge in [-0.05, 0) is 50.7 Å². The van der Waals surface area contributed by atoms with Crippen molar-refractivity contribution in [3.05, 3.63) is 35.5 Å². The van der Waals surface area contributed by atoms with Crippen LogP contribution in [0.2, 0.25) is 0 Å². The molecule has 7 heteroatoms. The summed E-state index contributed by atoms with van der Waals surface area (Å²) in [6, 6.07) is 8.34. The average molecular weight is 429 g/mol. The van der Waals surface area contributed by atoms with Gasteiger partial charge < -0.3 is 20.5 Å². The number of aromatic nitrogens is 1. The monoisotopic (exact) mass is 428 g/mol. The van der Waals surface area contributed by atoms with E-state index in [1.807, 2.05) is 28.8 Å². The van der Waals surface area contributed by atoms with Gasteiger partial charge in [0.25, 0.3) is 0 Å². The first-order valence-corrected chi connectivity index (χ1v) is 12.2. The summed E-state index contributed by atoms with van der Waals surface area (Å²) >= 11 is 1.93. The molecule has 3 amide bonds. The number of aryl methyl sites for hydroxylation is 1. The summed E-state index contributed by atoms with van der Waals surface area (Å²) in [6.45, 7) is 4.47. The first kappa shape index (κ1) is 21.1. The van der Waals surface area contributed by atoms with Crippen LogP contribution in [0.15, 0.2) is 24.3 Å². The minimum atomic E-state index is -0.102. The first-order chi connectivity index (χ1) is 14.6. The number of aromatic amines is 1. The molecule has 1 saturated carbocycles. The van der Waals surface area contributed by atoms with Crippen molar-refractivity contribution in [1.82, 2.24) is 20.5 Å². The Morgan fingerprint density at radius 3 is 2.63 bits per heavy atom. The highest BCUT2D eigenvalue weighted by Crippen LogP contribution is 2.27. The molecule has 0 bridgehead atoms. The van der Waals surface area contributed by atoms with E-state index in [0.29, 0.717) is 12.5 Å². The van der Waals surface area contributed by atoms with E-state index in [0.717, 1.165) is 67.9 Å². The molecule has 2 heterocycles. The van der Waals surface area contributed by atoms with Gasteiger partial charge in [0.1, 0.15) is 0 Å². The lowest BCUT2D eigenvalue weighted by Crippen LogP contribution is -2.47. The summed E-state index contributed by atoms with van der Waals surface area (Å²) in [6.07, 6.45) is 4.32. The lowest BCUT2D eigenvalue weighted by molar-refractivity contribution is -0.136. The third kappa shape index (κ3) is 4.94. The van der Waals surface area contributed by atoms with E-state index in [1.165, 1.54) is 10.9 Å². The summed E-state index contributed by atoms with van der Waals surface area (Å²) < 4.78 is 0. The molecular weight excluding hydrogens is 396 g/mol. The summed E-state index contributed by atoms with van der Waals surface area (Å²) in [5.74, 6) is 2.58. The molecule has 1 saturated heterocycles. The predicted molar refractivity (Wildman–Crippen MR) is 123 cm³/mol. The number of carbonyl (C=O) groups is 2. The Bertz CT molecular complexity index is 882. The van der Waals surface area contributed by atoms with Crippen LogP contribution in [0.25, 0.3) is 10.9 Å². The number of hydrogen-bond donors (Lipinski definition) is 3. The third-order valence-electron chi connectivity index (χ3n) is 6.42. The number of rotatable bonds is 5. The van der Waals surface area contributed by atoms with Gasteiger partial charge in [-0.1, -0.05) is 18.2 Å². The molecule has 162 valence electrons. The van der Waals surface area contributed by atoms with Crippen LogP contribution >= 0.6 is 11.8 Å². The van der Waals surface area contributed by atoms with Crippen LogP contribution in [0.3, 0.4) is 0 Å². The minimum absolute atomic E-state index is 0.102. The molecule has 2 fully saturated rings. The van der Waals surface area contributed by atoms with Crippen LogP contribution < -0.4 is 10.6 Å². The van der Waals surface area contributed by atoms with E-state index < -0.39 is 0 Å². The second kappa shape index (κ2) is 9.77. The molecule has 0 unspecified atom stereocenters. The van der Waals surface area contributed by atoms with Crippen molar-refractivity contribution < 1.29 is 9.59 Å². The number of benzene rings is 1. The number of nitrogens with zero attached hydrogens (tertiary/aromatic N) is 1. The molecule has 0 radical (unpaired) electrons. The summed E-state index contributed by atoms with van der Waals surface area (Å²) in [7, 11) is 0. The molecular formula is C23H32N4O2S. The smallest absolute Gasteiger partial charge is 0.315 e. The molecule has 2 aromatic rings. The number of amides is 3. The molecule has 0 atom stereocenters. The van der Waals surface area contributed by atoms with Gasteiger partial charge in [0, 0.05) is 59.7 Å². The lowest BCUT2D eigenvalue weighted by atomic mass is 9.85. The van der Waals surface area contributed by atoms with Gasteiger partial charge in [-0.3, -0.25) is 4.79 Å². The van der Waals surface area contributed by atoms with Crippen LogP contribution in [-0.2, 0) is 11.2 Å². The van der Waals surface area contributed by atoms with Gasteiger partial charge in [0.15, 0.2) is 0 Å². The molecule has 1 aliphatic carbocycles. The van der Waals surface area contributed by atoms with Crippen molar-refractivity contribution in [3.63, 3.8) is 0 Å². The summed E-state index contributed by atoms with van der Waals surface area (Å²) in [5.41, 5.74) is 3.57. The zero-order valence-electron chi connectivity index (χ0n) is 17.7. The number of thioether (sulfide) groups is 1. The Balaban J connectivity index is 1.19. The van der Waals surface area contributed by atoms with Crippen molar-refractivity contribution in [1.29, 1.82) is 0 Å². The third-order valence-corrected chi connectivity index (χ3v) is 7.36. The van der Waals surface area contributed by atoms with Gasteiger partial charge >= 0.3 is 6.03 Å². The van der Waals surface area contributed by atoms with E-state index in [-0.39, 0.29) is 18.0 Å². The molecule has 0 spiro atoms. The highest BCUT2D eigenvalue weighted by Gasteiger charge is 2.30. The van der Waals surface area contributed by atoms with Gasteiger partial charge in [0.2, 0.25) is 5.91 Å². The standard InChI is InChI=1S/C23H32N4O2S/c1-16-19(20-4-2-3-5-21(20)25-16)10-11-24-23(29)26-18-8-6-17(7-9-18)22(28)27-12-14-30-15-13-27/h2-5,17-18,25H,6-15H2,1H3,(H2,24,26,29). The topological polar surface area (TPSA) is 77.2 Å². The number of fused-ring (bicyclic) bond motifs is 1. The van der Waals surface area contributed by atoms with E-state index in [4.69, 9.17) is 0 Å². The molecule has 30 heavy (non-hydrogen) atoms. The van der Waals surface area contributed by atoms with Gasteiger partial charge in [-0.25, -0.2) is 4.79 Å². The maximum absolute atomic E-state index is 12.7. The highest BCUT2D eigenvalue weighted by molar-refractivity contribution is 7.99. The Kier molecular flexibility index (Phi) is 6.87. The van der Waals surface area contributed by atoms with Crippen LogP contribution in [0, 0.1) is 12.8 Å².